The molecule has 2 heterocycles. The molecule has 2 aromatic carbocycles. The van der Waals surface area contributed by atoms with Crippen molar-refractivity contribution in [1.29, 1.82) is 0 Å². The summed E-state index contributed by atoms with van der Waals surface area (Å²) >= 11 is 0. The van der Waals surface area contributed by atoms with E-state index in [1.54, 1.807) is 0 Å². The van der Waals surface area contributed by atoms with Gasteiger partial charge in [0.15, 0.2) is 28.6 Å². The van der Waals surface area contributed by atoms with E-state index in [2.05, 4.69) is 0 Å². The number of hydrogen-bond donors (Lipinski definition) is 7. The minimum Gasteiger partial charge on any atom is -0.504 e. The van der Waals surface area contributed by atoms with Crippen LogP contribution in [0.5, 0.6) is 40.2 Å². The van der Waals surface area contributed by atoms with E-state index in [-0.39, 0.29) is 28.6 Å². The highest BCUT2D eigenvalue weighted by molar-refractivity contribution is 5.96. The maximum absolute atomic E-state index is 13.8. The molecule has 4 rings (SSSR count). The third-order valence-electron chi connectivity index (χ3n) is 6.09. The number of methoxy groups -OCH3 is 3. The maximum atomic E-state index is 13.8. The van der Waals surface area contributed by atoms with Crippen LogP contribution in [0.15, 0.2) is 27.4 Å². The number of aliphatic hydroxyl groups is 4. The van der Waals surface area contributed by atoms with Gasteiger partial charge < -0.3 is 63.8 Å². The maximum Gasteiger partial charge on any atom is 0.239 e. The Bertz CT molecular complexity index is 1400. The number of phenolic OH excluding ortho intramolecular Hbond substituents is 3. The molecule has 1 saturated heterocycles. The zero-order valence-electron chi connectivity index (χ0n) is 20.3. The highest BCUT2D eigenvalue weighted by Crippen LogP contribution is 2.50. The zero-order chi connectivity index (χ0) is 27.9. The average Bonchev–Trinajstić information content (AvgIpc) is 2.90. The molecule has 1 fully saturated rings. The van der Waals surface area contributed by atoms with Crippen LogP contribution < -0.4 is 24.4 Å². The highest BCUT2D eigenvalue weighted by Gasteiger charge is 2.45. The fraction of sp³-hybridized carbons (Fsp3) is 0.375. The summed E-state index contributed by atoms with van der Waals surface area (Å²) < 4.78 is 32.1. The molecule has 206 valence electrons. The van der Waals surface area contributed by atoms with E-state index in [1.165, 1.54) is 32.4 Å². The van der Waals surface area contributed by atoms with Crippen molar-refractivity contribution in [3.8, 4) is 51.6 Å². The Balaban J connectivity index is 2.02. The largest absolute Gasteiger partial charge is 0.504 e. The van der Waals surface area contributed by atoms with Crippen LogP contribution in [0, 0.1) is 0 Å². The number of fused-ring (bicyclic) bond motifs is 1. The summed E-state index contributed by atoms with van der Waals surface area (Å²) in [5, 5.41) is 71.2. The van der Waals surface area contributed by atoms with E-state index in [9.17, 15) is 40.5 Å². The Labute approximate surface area is 214 Å². The van der Waals surface area contributed by atoms with Crippen molar-refractivity contribution >= 4 is 11.0 Å². The van der Waals surface area contributed by atoms with Crippen molar-refractivity contribution in [1.82, 2.24) is 0 Å². The van der Waals surface area contributed by atoms with Crippen molar-refractivity contribution in [3.63, 3.8) is 0 Å². The Hall–Kier alpha value is -3.95. The predicted octanol–water partition coefficient (Wildman–Crippen LogP) is -0.219. The van der Waals surface area contributed by atoms with Crippen LogP contribution in [-0.2, 0) is 4.74 Å². The quantitative estimate of drug-likeness (QED) is 0.207. The summed E-state index contributed by atoms with van der Waals surface area (Å²) in [5.74, 6) is -3.67. The highest BCUT2D eigenvalue weighted by atomic mass is 16.7. The number of aromatic hydroxyl groups is 3. The van der Waals surface area contributed by atoms with Gasteiger partial charge in [-0.15, -0.1) is 0 Å². The molecule has 14 nitrogen and oxygen atoms in total. The predicted molar refractivity (Wildman–Crippen MR) is 127 cm³/mol. The van der Waals surface area contributed by atoms with E-state index in [1.807, 2.05) is 0 Å². The number of aliphatic hydroxyl groups excluding tert-OH is 4. The van der Waals surface area contributed by atoms with Crippen molar-refractivity contribution in [2.75, 3.05) is 27.9 Å². The summed E-state index contributed by atoms with van der Waals surface area (Å²) in [6.07, 6.45) is -8.57. The third-order valence-corrected chi connectivity index (χ3v) is 6.09. The molecule has 5 atom stereocenters. The fourth-order valence-electron chi connectivity index (χ4n) is 4.12. The van der Waals surface area contributed by atoms with Gasteiger partial charge in [-0.2, -0.15) is 0 Å². The second kappa shape index (κ2) is 10.4. The lowest BCUT2D eigenvalue weighted by molar-refractivity contribution is -0.277. The minimum absolute atomic E-state index is 0.0405. The van der Waals surface area contributed by atoms with Crippen LogP contribution in [0.3, 0.4) is 0 Å². The van der Waals surface area contributed by atoms with Crippen molar-refractivity contribution < 1.29 is 63.8 Å². The molecule has 0 saturated carbocycles. The lowest BCUT2D eigenvalue weighted by atomic mass is 9.99. The van der Waals surface area contributed by atoms with Gasteiger partial charge in [0.1, 0.15) is 29.8 Å². The lowest BCUT2D eigenvalue weighted by Gasteiger charge is -2.39. The summed E-state index contributed by atoms with van der Waals surface area (Å²) in [5.41, 5.74) is -1.43. The van der Waals surface area contributed by atoms with Crippen molar-refractivity contribution in [3.05, 3.63) is 28.4 Å². The molecular formula is C24H26O14. The topological polar surface area (TPSA) is 218 Å². The van der Waals surface area contributed by atoms with E-state index in [0.29, 0.717) is 0 Å². The Morgan fingerprint density at radius 1 is 0.868 bits per heavy atom. The monoisotopic (exact) mass is 538 g/mol. The molecule has 7 N–H and O–H groups in total. The molecule has 1 aliphatic heterocycles. The molecule has 0 bridgehead atoms. The first-order chi connectivity index (χ1) is 18.1. The number of benzene rings is 2. The lowest BCUT2D eigenvalue weighted by Crippen LogP contribution is -2.60. The molecule has 0 radical (unpaired) electrons. The Kier molecular flexibility index (Phi) is 7.44. The molecule has 0 amide bonds. The van der Waals surface area contributed by atoms with E-state index in [0.717, 1.165) is 7.11 Å². The van der Waals surface area contributed by atoms with Crippen molar-refractivity contribution in [2.45, 2.75) is 30.7 Å². The van der Waals surface area contributed by atoms with Crippen LogP contribution in [0.1, 0.15) is 0 Å². The van der Waals surface area contributed by atoms with Gasteiger partial charge in [-0.05, 0) is 18.2 Å². The van der Waals surface area contributed by atoms with Gasteiger partial charge >= 0.3 is 0 Å². The van der Waals surface area contributed by atoms with E-state index < -0.39 is 76.7 Å². The third kappa shape index (κ3) is 4.27. The Morgan fingerprint density at radius 2 is 1.55 bits per heavy atom. The standard InChI is InChI=1S/C24H26O14/c1-33-10-5-4-8(6-9(10)26)19-23(38-24-17(31)16(30)13(27)11(7-25)36-24)15(29)12-14(28)21(34-2)18(32)22(35-3)20(12)37-19/h4-6,11,13,16-17,24-28,30-32H,7H2,1-3H3. The molecule has 14 heteroatoms. The minimum atomic E-state index is -1.89. The Morgan fingerprint density at radius 3 is 2.13 bits per heavy atom. The summed E-state index contributed by atoms with van der Waals surface area (Å²) in [4.78, 5) is 13.8. The van der Waals surface area contributed by atoms with Gasteiger partial charge in [-0.3, -0.25) is 4.79 Å². The normalized spacial score (nSPS) is 23.3. The summed E-state index contributed by atoms with van der Waals surface area (Å²) in [6.45, 7) is -0.759. The first-order valence-electron chi connectivity index (χ1n) is 11.1. The van der Waals surface area contributed by atoms with Gasteiger partial charge in [0.2, 0.25) is 34.7 Å². The molecule has 5 unspecified atom stereocenters. The number of rotatable bonds is 7. The van der Waals surface area contributed by atoms with Crippen LogP contribution in [0.25, 0.3) is 22.3 Å². The second-order valence-electron chi connectivity index (χ2n) is 8.26. The number of phenols is 3. The zero-order valence-corrected chi connectivity index (χ0v) is 20.3. The number of ether oxygens (including phenoxy) is 5. The summed E-state index contributed by atoms with van der Waals surface area (Å²) in [7, 11) is 3.62. The average molecular weight is 538 g/mol. The molecular weight excluding hydrogens is 512 g/mol. The smallest absolute Gasteiger partial charge is 0.239 e. The van der Waals surface area contributed by atoms with Gasteiger partial charge in [-0.1, -0.05) is 0 Å². The van der Waals surface area contributed by atoms with Gasteiger partial charge in [0.25, 0.3) is 0 Å². The molecule has 0 spiro atoms. The molecule has 0 aliphatic carbocycles. The molecule has 1 aromatic heterocycles. The van der Waals surface area contributed by atoms with Crippen LogP contribution in [-0.4, -0.2) is 94.4 Å². The van der Waals surface area contributed by atoms with Crippen LogP contribution in [0.2, 0.25) is 0 Å². The molecule has 3 aromatic rings. The second-order valence-corrected chi connectivity index (χ2v) is 8.26. The van der Waals surface area contributed by atoms with Crippen LogP contribution >= 0.6 is 0 Å². The summed E-state index contributed by atoms with van der Waals surface area (Å²) in [6, 6.07) is 3.91. The first kappa shape index (κ1) is 27.1. The van der Waals surface area contributed by atoms with Crippen LogP contribution in [0.4, 0.5) is 0 Å². The van der Waals surface area contributed by atoms with E-state index >= 15 is 0 Å². The first-order valence-corrected chi connectivity index (χ1v) is 11.1. The molecule has 38 heavy (non-hydrogen) atoms. The van der Waals surface area contributed by atoms with Gasteiger partial charge in [0.05, 0.1) is 27.9 Å². The van der Waals surface area contributed by atoms with Gasteiger partial charge in [-0.25, -0.2) is 0 Å². The van der Waals surface area contributed by atoms with Gasteiger partial charge in [0, 0.05) is 5.56 Å². The number of hydrogen-bond acceptors (Lipinski definition) is 14. The van der Waals surface area contributed by atoms with E-state index in [4.69, 9.17) is 28.1 Å². The fourth-order valence-corrected chi connectivity index (χ4v) is 4.12. The SMILES string of the molecule is COc1ccc(-c2oc3c(OC)c(O)c(OC)c(O)c3c(=O)c2OC2OC(CO)C(O)C(O)C2O)cc1O. The van der Waals surface area contributed by atoms with Crippen molar-refractivity contribution in [2.24, 2.45) is 0 Å². The molecule has 1 aliphatic rings.